The predicted molar refractivity (Wildman–Crippen MR) is 115 cm³/mol. The third-order valence-electron chi connectivity index (χ3n) is 4.80. The van der Waals surface area contributed by atoms with Gasteiger partial charge in [0.05, 0.1) is 12.8 Å². The molecule has 2 N–H and O–H groups in total. The van der Waals surface area contributed by atoms with Crippen LogP contribution in [-0.2, 0) is 7.05 Å². The molecule has 1 amide bonds. The van der Waals surface area contributed by atoms with Gasteiger partial charge in [-0.25, -0.2) is 4.98 Å². The molecule has 0 bridgehead atoms. The molecular formula is C22H20ClN5O2. The fourth-order valence-electron chi connectivity index (χ4n) is 3.26. The summed E-state index contributed by atoms with van der Waals surface area (Å²) in [5, 5.41) is 10.8. The average Bonchev–Trinajstić information content (AvgIpc) is 3.42. The zero-order chi connectivity index (χ0) is 21.1. The number of nitrogens with zero attached hydrogens (tertiary/aromatic N) is 3. The molecule has 0 unspecified atom stereocenters. The number of halogens is 1. The van der Waals surface area contributed by atoms with Crippen molar-refractivity contribution in [3.05, 3.63) is 89.1 Å². The SMILES string of the molecule is COc1ccccc1[C@H](NC(=O)c1cc(-c2ccc(Cl)cc2)n[nH]1)c1nccn1C. The molecule has 4 aromatic rings. The summed E-state index contributed by atoms with van der Waals surface area (Å²) in [4.78, 5) is 17.5. The molecule has 2 heterocycles. The van der Waals surface area contributed by atoms with Crippen molar-refractivity contribution in [1.82, 2.24) is 25.1 Å². The highest BCUT2D eigenvalue weighted by molar-refractivity contribution is 6.30. The molecular weight excluding hydrogens is 402 g/mol. The van der Waals surface area contributed by atoms with Crippen LogP contribution in [0.15, 0.2) is 67.0 Å². The number of carbonyl (C=O) groups excluding carboxylic acids is 1. The lowest BCUT2D eigenvalue weighted by atomic mass is 10.0. The minimum absolute atomic E-state index is 0.304. The fraction of sp³-hybridized carbons (Fsp3) is 0.136. The Morgan fingerprint density at radius 3 is 2.67 bits per heavy atom. The van der Waals surface area contributed by atoms with Gasteiger partial charge in [-0.2, -0.15) is 5.10 Å². The smallest absolute Gasteiger partial charge is 0.270 e. The van der Waals surface area contributed by atoms with Crippen molar-refractivity contribution in [2.45, 2.75) is 6.04 Å². The second kappa shape index (κ2) is 8.42. The highest BCUT2D eigenvalue weighted by Gasteiger charge is 2.25. The van der Waals surface area contributed by atoms with Gasteiger partial charge in [0.1, 0.15) is 23.3 Å². The highest BCUT2D eigenvalue weighted by atomic mass is 35.5. The van der Waals surface area contributed by atoms with Gasteiger partial charge in [-0.1, -0.05) is 41.9 Å². The monoisotopic (exact) mass is 421 g/mol. The summed E-state index contributed by atoms with van der Waals surface area (Å²) in [6, 6.07) is 16.0. The molecule has 4 rings (SSSR count). The first-order chi connectivity index (χ1) is 14.6. The molecule has 0 aliphatic rings. The molecule has 0 aliphatic heterocycles. The summed E-state index contributed by atoms with van der Waals surface area (Å²) in [6.07, 6.45) is 3.53. The first kappa shape index (κ1) is 19.7. The summed E-state index contributed by atoms with van der Waals surface area (Å²) in [5.41, 5.74) is 2.66. The molecule has 0 fully saturated rings. The minimum Gasteiger partial charge on any atom is -0.496 e. The van der Waals surface area contributed by atoms with Crippen LogP contribution < -0.4 is 10.1 Å². The lowest BCUT2D eigenvalue weighted by Crippen LogP contribution is -2.31. The van der Waals surface area contributed by atoms with Crippen molar-refractivity contribution in [3.63, 3.8) is 0 Å². The molecule has 2 aromatic heterocycles. The number of hydrogen-bond acceptors (Lipinski definition) is 4. The highest BCUT2D eigenvalue weighted by Crippen LogP contribution is 2.29. The van der Waals surface area contributed by atoms with Crippen LogP contribution in [0.2, 0.25) is 5.02 Å². The number of methoxy groups -OCH3 is 1. The number of benzene rings is 2. The van der Waals surface area contributed by atoms with Crippen LogP contribution in [-0.4, -0.2) is 32.8 Å². The van der Waals surface area contributed by atoms with Gasteiger partial charge in [-0.15, -0.1) is 0 Å². The van der Waals surface area contributed by atoms with Gasteiger partial charge >= 0.3 is 0 Å². The number of H-pyrrole nitrogens is 1. The van der Waals surface area contributed by atoms with E-state index < -0.39 is 6.04 Å². The van der Waals surface area contributed by atoms with Gasteiger partial charge in [0, 0.05) is 35.6 Å². The van der Waals surface area contributed by atoms with Crippen LogP contribution in [0.1, 0.15) is 27.9 Å². The number of ether oxygens (including phenoxy) is 1. The maximum Gasteiger partial charge on any atom is 0.270 e. The number of aryl methyl sites for hydroxylation is 1. The lowest BCUT2D eigenvalue weighted by Gasteiger charge is -2.20. The van der Waals surface area contributed by atoms with Crippen LogP contribution in [0.25, 0.3) is 11.3 Å². The number of aromatic amines is 1. The van der Waals surface area contributed by atoms with Gasteiger partial charge in [-0.05, 0) is 24.3 Å². The van der Waals surface area contributed by atoms with Crippen molar-refractivity contribution in [2.75, 3.05) is 7.11 Å². The minimum atomic E-state index is -0.504. The number of aromatic nitrogens is 4. The number of hydrogen-bond donors (Lipinski definition) is 2. The fourth-order valence-corrected chi connectivity index (χ4v) is 3.38. The zero-order valence-corrected chi connectivity index (χ0v) is 17.2. The number of rotatable bonds is 6. The summed E-state index contributed by atoms with van der Waals surface area (Å²) >= 11 is 5.95. The summed E-state index contributed by atoms with van der Waals surface area (Å²) in [5.74, 6) is 1.05. The maximum absolute atomic E-state index is 13.1. The van der Waals surface area contributed by atoms with Crippen molar-refractivity contribution >= 4 is 17.5 Å². The van der Waals surface area contributed by atoms with Crippen molar-refractivity contribution in [3.8, 4) is 17.0 Å². The Balaban J connectivity index is 1.64. The number of carbonyl (C=O) groups is 1. The van der Waals surface area contributed by atoms with Crippen LogP contribution >= 0.6 is 11.6 Å². The Labute approximate surface area is 178 Å². The molecule has 0 spiro atoms. The molecule has 2 aromatic carbocycles. The van der Waals surface area contributed by atoms with Crippen LogP contribution in [0.5, 0.6) is 5.75 Å². The normalized spacial score (nSPS) is 11.8. The number of imidazole rings is 1. The van der Waals surface area contributed by atoms with E-state index in [1.54, 1.807) is 31.5 Å². The third kappa shape index (κ3) is 3.92. The van der Waals surface area contributed by atoms with Crippen molar-refractivity contribution in [1.29, 1.82) is 0 Å². The molecule has 152 valence electrons. The summed E-state index contributed by atoms with van der Waals surface area (Å²) < 4.78 is 7.37. The Morgan fingerprint density at radius 2 is 1.97 bits per heavy atom. The van der Waals surface area contributed by atoms with Crippen LogP contribution in [0.4, 0.5) is 0 Å². The zero-order valence-electron chi connectivity index (χ0n) is 16.5. The van der Waals surface area contributed by atoms with Crippen molar-refractivity contribution in [2.24, 2.45) is 7.05 Å². The van der Waals surface area contributed by atoms with E-state index >= 15 is 0 Å². The van der Waals surface area contributed by atoms with E-state index in [2.05, 4.69) is 20.5 Å². The molecule has 30 heavy (non-hydrogen) atoms. The largest absolute Gasteiger partial charge is 0.496 e. The topological polar surface area (TPSA) is 84.8 Å². The van der Waals surface area contributed by atoms with Gasteiger partial charge in [-0.3, -0.25) is 9.89 Å². The second-order valence-corrected chi connectivity index (χ2v) is 7.15. The molecule has 0 saturated carbocycles. The van der Waals surface area contributed by atoms with E-state index in [1.165, 1.54) is 0 Å². The average molecular weight is 422 g/mol. The standard InChI is InChI=1S/C22H20ClN5O2/c1-28-12-11-24-21(28)20(16-5-3-4-6-19(16)30-2)25-22(29)18-13-17(26-27-18)14-7-9-15(23)10-8-14/h3-13,20H,1-2H3,(H,25,29)(H,26,27)/t20-/m0/s1. The van der Waals surface area contributed by atoms with Crippen LogP contribution in [0, 0.1) is 0 Å². The van der Waals surface area contributed by atoms with E-state index in [9.17, 15) is 4.79 Å². The Hall–Kier alpha value is -3.58. The molecule has 0 radical (unpaired) electrons. The van der Waals surface area contributed by atoms with E-state index in [0.717, 1.165) is 11.1 Å². The van der Waals surface area contributed by atoms with Crippen molar-refractivity contribution < 1.29 is 9.53 Å². The molecule has 0 aliphatic carbocycles. The van der Waals surface area contributed by atoms with E-state index in [-0.39, 0.29) is 5.91 Å². The summed E-state index contributed by atoms with van der Waals surface area (Å²) in [7, 11) is 3.48. The quantitative estimate of drug-likeness (QED) is 0.493. The van der Waals surface area contributed by atoms with E-state index in [1.807, 2.05) is 54.2 Å². The Kier molecular flexibility index (Phi) is 5.54. The third-order valence-corrected chi connectivity index (χ3v) is 5.06. The number of amides is 1. The summed E-state index contributed by atoms with van der Waals surface area (Å²) in [6.45, 7) is 0. The van der Waals surface area contributed by atoms with Crippen LogP contribution in [0.3, 0.4) is 0 Å². The first-order valence-electron chi connectivity index (χ1n) is 9.29. The second-order valence-electron chi connectivity index (χ2n) is 6.72. The van der Waals surface area contributed by atoms with Gasteiger partial charge in [0.15, 0.2) is 0 Å². The Bertz CT molecular complexity index is 1170. The number of nitrogens with one attached hydrogen (secondary N) is 2. The lowest BCUT2D eigenvalue weighted by molar-refractivity contribution is 0.0935. The van der Waals surface area contributed by atoms with Gasteiger partial charge in [0.25, 0.3) is 5.91 Å². The van der Waals surface area contributed by atoms with E-state index in [4.69, 9.17) is 16.3 Å². The maximum atomic E-state index is 13.1. The Morgan fingerprint density at radius 1 is 1.20 bits per heavy atom. The molecule has 0 saturated heterocycles. The van der Waals surface area contributed by atoms with E-state index in [0.29, 0.717) is 28.0 Å². The van der Waals surface area contributed by atoms with Gasteiger partial charge < -0.3 is 14.6 Å². The molecule has 7 nitrogen and oxygen atoms in total. The number of para-hydroxylation sites is 1. The molecule has 8 heteroatoms. The molecule has 1 atom stereocenters. The van der Waals surface area contributed by atoms with Gasteiger partial charge in [0.2, 0.25) is 0 Å². The predicted octanol–water partition coefficient (Wildman–Crippen LogP) is 3.99. The first-order valence-corrected chi connectivity index (χ1v) is 9.67.